The summed E-state index contributed by atoms with van der Waals surface area (Å²) in [7, 11) is -4.09. The molecule has 2 unspecified atom stereocenters. The Kier molecular flexibility index (Phi) is 4.54. The van der Waals surface area contributed by atoms with Crippen molar-refractivity contribution < 1.29 is 26.0 Å². The van der Waals surface area contributed by atoms with Crippen molar-refractivity contribution in [3.8, 4) is 0 Å². The van der Waals surface area contributed by atoms with Crippen molar-refractivity contribution in [2.75, 3.05) is 6.54 Å². The lowest BCUT2D eigenvalue weighted by atomic mass is 10.0. The standard InChI is InChI=1S/C12H14F4N2O2S/c13-9-3-1-2-4-10(9)21(19,20)18-8-5-6-11(17-7-8)12(14,15)16/h1-4,8,11,17-18H,5-7H2. The van der Waals surface area contributed by atoms with Crippen molar-refractivity contribution in [1.29, 1.82) is 0 Å². The molecule has 0 spiro atoms. The smallest absolute Gasteiger partial charge is 0.305 e. The Bertz CT molecular complexity index is 596. The molecule has 0 aromatic heterocycles. The second kappa shape index (κ2) is 5.90. The summed E-state index contributed by atoms with van der Waals surface area (Å²) in [6.45, 7) is -0.155. The molecule has 1 aromatic rings. The van der Waals surface area contributed by atoms with Gasteiger partial charge in [-0.1, -0.05) is 12.1 Å². The molecule has 0 saturated carbocycles. The number of nitrogens with one attached hydrogen (secondary N) is 2. The van der Waals surface area contributed by atoms with Crippen molar-refractivity contribution in [3.05, 3.63) is 30.1 Å². The summed E-state index contributed by atoms with van der Waals surface area (Å²) >= 11 is 0. The van der Waals surface area contributed by atoms with Crippen LogP contribution >= 0.6 is 0 Å². The van der Waals surface area contributed by atoms with Crippen LogP contribution in [0.5, 0.6) is 0 Å². The van der Waals surface area contributed by atoms with Crippen LogP contribution in [-0.2, 0) is 10.0 Å². The Morgan fingerprint density at radius 1 is 1.19 bits per heavy atom. The molecular formula is C12H14F4N2O2S. The van der Waals surface area contributed by atoms with E-state index in [1.54, 1.807) is 0 Å². The van der Waals surface area contributed by atoms with E-state index in [0.29, 0.717) is 0 Å². The number of hydrogen-bond donors (Lipinski definition) is 2. The molecule has 2 atom stereocenters. The van der Waals surface area contributed by atoms with Crippen LogP contribution in [0.1, 0.15) is 12.8 Å². The maximum Gasteiger partial charge on any atom is 0.403 e. The number of benzene rings is 1. The van der Waals surface area contributed by atoms with E-state index < -0.39 is 39.0 Å². The van der Waals surface area contributed by atoms with E-state index >= 15 is 0 Å². The molecule has 0 radical (unpaired) electrons. The van der Waals surface area contributed by atoms with Gasteiger partial charge >= 0.3 is 6.18 Å². The average molecular weight is 326 g/mol. The number of alkyl halides is 3. The molecule has 0 aliphatic carbocycles. The summed E-state index contributed by atoms with van der Waals surface area (Å²) in [6, 6.07) is 2.50. The van der Waals surface area contributed by atoms with Gasteiger partial charge in [0.05, 0.1) is 0 Å². The summed E-state index contributed by atoms with van der Waals surface area (Å²) in [5.41, 5.74) is 0. The highest BCUT2D eigenvalue weighted by Gasteiger charge is 2.42. The molecular weight excluding hydrogens is 312 g/mol. The van der Waals surface area contributed by atoms with Gasteiger partial charge in [0.1, 0.15) is 16.8 Å². The number of rotatable bonds is 3. The summed E-state index contributed by atoms with van der Waals surface area (Å²) in [6.07, 6.45) is -4.55. The lowest BCUT2D eigenvalue weighted by Crippen LogP contribution is -2.54. The molecule has 1 aromatic carbocycles. The van der Waals surface area contributed by atoms with Crippen molar-refractivity contribution in [2.45, 2.75) is 36.0 Å². The van der Waals surface area contributed by atoms with Crippen LogP contribution in [0.4, 0.5) is 17.6 Å². The zero-order chi connectivity index (χ0) is 15.7. The normalized spacial score (nSPS) is 24.0. The maximum atomic E-state index is 13.5. The molecule has 0 bridgehead atoms. The lowest BCUT2D eigenvalue weighted by Gasteiger charge is -2.31. The molecule has 1 aliphatic rings. The average Bonchev–Trinajstić information content (AvgIpc) is 2.38. The first-order valence-electron chi connectivity index (χ1n) is 6.27. The van der Waals surface area contributed by atoms with E-state index in [1.165, 1.54) is 12.1 Å². The van der Waals surface area contributed by atoms with Gasteiger partial charge in [-0.3, -0.25) is 0 Å². The highest BCUT2D eigenvalue weighted by Crippen LogP contribution is 2.26. The zero-order valence-corrected chi connectivity index (χ0v) is 11.6. The molecule has 118 valence electrons. The van der Waals surface area contributed by atoms with E-state index in [9.17, 15) is 26.0 Å². The monoisotopic (exact) mass is 326 g/mol. The maximum absolute atomic E-state index is 13.5. The van der Waals surface area contributed by atoms with E-state index in [0.717, 1.165) is 12.1 Å². The van der Waals surface area contributed by atoms with Gasteiger partial charge in [0.25, 0.3) is 0 Å². The SMILES string of the molecule is O=S(=O)(NC1CCC(C(F)(F)F)NC1)c1ccccc1F. The topological polar surface area (TPSA) is 58.2 Å². The summed E-state index contributed by atoms with van der Waals surface area (Å²) in [5.74, 6) is -0.901. The van der Waals surface area contributed by atoms with E-state index in [4.69, 9.17) is 0 Å². The Morgan fingerprint density at radius 3 is 2.38 bits per heavy atom. The van der Waals surface area contributed by atoms with E-state index in [1.807, 2.05) is 0 Å². The Labute approximate surface area is 119 Å². The van der Waals surface area contributed by atoms with Crippen molar-refractivity contribution >= 4 is 10.0 Å². The molecule has 9 heteroatoms. The highest BCUT2D eigenvalue weighted by molar-refractivity contribution is 7.89. The van der Waals surface area contributed by atoms with Crippen LogP contribution in [0.2, 0.25) is 0 Å². The van der Waals surface area contributed by atoms with Gasteiger partial charge < -0.3 is 5.32 Å². The van der Waals surface area contributed by atoms with Gasteiger partial charge in [0.2, 0.25) is 10.0 Å². The molecule has 4 nitrogen and oxygen atoms in total. The molecule has 1 aliphatic heterocycles. The Balaban J connectivity index is 2.02. The molecule has 2 N–H and O–H groups in total. The first-order valence-corrected chi connectivity index (χ1v) is 7.75. The van der Waals surface area contributed by atoms with Crippen LogP contribution in [0, 0.1) is 5.82 Å². The summed E-state index contributed by atoms with van der Waals surface area (Å²) in [5, 5.41) is 2.25. The predicted octanol–water partition coefficient (Wildman–Crippen LogP) is 1.79. The van der Waals surface area contributed by atoms with Gasteiger partial charge in [-0.05, 0) is 25.0 Å². The minimum Gasteiger partial charge on any atom is -0.305 e. The second-order valence-corrected chi connectivity index (χ2v) is 6.51. The largest absolute Gasteiger partial charge is 0.403 e. The number of halogens is 4. The molecule has 1 fully saturated rings. The van der Waals surface area contributed by atoms with Gasteiger partial charge in [-0.15, -0.1) is 0 Å². The zero-order valence-electron chi connectivity index (χ0n) is 10.8. The van der Waals surface area contributed by atoms with Gasteiger partial charge in [-0.25, -0.2) is 17.5 Å². The first kappa shape index (κ1) is 16.2. The third kappa shape index (κ3) is 3.92. The molecule has 0 amide bonds. The fourth-order valence-electron chi connectivity index (χ4n) is 2.18. The highest BCUT2D eigenvalue weighted by atomic mass is 32.2. The van der Waals surface area contributed by atoms with E-state index in [2.05, 4.69) is 10.0 Å². The molecule has 2 rings (SSSR count). The van der Waals surface area contributed by atoms with Crippen LogP contribution < -0.4 is 10.0 Å². The Morgan fingerprint density at radius 2 is 1.86 bits per heavy atom. The quantitative estimate of drug-likeness (QED) is 0.833. The minimum absolute atomic E-state index is 0.0326. The van der Waals surface area contributed by atoms with Gasteiger partial charge in [0.15, 0.2) is 0 Å². The third-order valence-electron chi connectivity index (χ3n) is 3.26. The lowest BCUT2D eigenvalue weighted by molar-refractivity contribution is -0.160. The molecule has 21 heavy (non-hydrogen) atoms. The van der Waals surface area contributed by atoms with E-state index in [-0.39, 0.29) is 19.4 Å². The van der Waals surface area contributed by atoms with Crippen LogP contribution in [-0.4, -0.2) is 33.2 Å². The van der Waals surface area contributed by atoms with Crippen LogP contribution in [0.15, 0.2) is 29.2 Å². The predicted molar refractivity (Wildman–Crippen MR) is 67.6 cm³/mol. The number of hydrogen-bond acceptors (Lipinski definition) is 3. The van der Waals surface area contributed by atoms with Crippen molar-refractivity contribution in [2.24, 2.45) is 0 Å². The Hall–Kier alpha value is -1.19. The van der Waals surface area contributed by atoms with Crippen LogP contribution in [0.25, 0.3) is 0 Å². The molecule has 1 saturated heterocycles. The van der Waals surface area contributed by atoms with Crippen molar-refractivity contribution in [3.63, 3.8) is 0 Å². The van der Waals surface area contributed by atoms with Crippen molar-refractivity contribution in [1.82, 2.24) is 10.0 Å². The number of sulfonamides is 1. The second-order valence-electron chi connectivity index (χ2n) is 4.83. The fraction of sp³-hybridized carbons (Fsp3) is 0.500. The number of piperidine rings is 1. The van der Waals surface area contributed by atoms with Crippen LogP contribution in [0.3, 0.4) is 0 Å². The first-order chi connectivity index (χ1) is 9.70. The minimum atomic E-state index is -4.35. The van der Waals surface area contributed by atoms with Gasteiger partial charge in [-0.2, -0.15) is 13.2 Å². The summed E-state index contributed by atoms with van der Waals surface area (Å²) < 4.78 is 77.1. The third-order valence-corrected chi connectivity index (χ3v) is 4.81. The van der Waals surface area contributed by atoms with Gasteiger partial charge in [0, 0.05) is 12.6 Å². The molecule has 1 heterocycles. The fourth-order valence-corrected chi connectivity index (χ4v) is 3.53. The summed E-state index contributed by atoms with van der Waals surface area (Å²) in [4.78, 5) is -0.511.